The second kappa shape index (κ2) is 7.34. The molecule has 1 aromatic carbocycles. The van der Waals surface area contributed by atoms with Gasteiger partial charge in [0, 0.05) is 24.0 Å². The molecule has 1 N–H and O–H groups in total. The quantitative estimate of drug-likeness (QED) is 0.537. The van der Waals surface area contributed by atoms with Crippen LogP contribution in [0.15, 0.2) is 67.1 Å². The number of nitrogens with zero attached hydrogens (tertiary/aromatic N) is 5. The molecule has 3 aromatic heterocycles. The molecular formula is C20H15F3N6. The summed E-state index contributed by atoms with van der Waals surface area (Å²) in [5, 5.41) is 7.24. The molecule has 0 saturated carbocycles. The fourth-order valence-electron chi connectivity index (χ4n) is 2.78. The second-order valence-electron chi connectivity index (χ2n) is 6.22. The Kier molecular flexibility index (Phi) is 4.71. The number of pyridine rings is 1. The van der Waals surface area contributed by atoms with Crippen LogP contribution in [0.3, 0.4) is 0 Å². The lowest BCUT2D eigenvalue weighted by Crippen LogP contribution is -2.11. The zero-order chi connectivity index (χ0) is 20.4. The Morgan fingerprint density at radius 2 is 1.76 bits per heavy atom. The number of alkyl halides is 3. The molecule has 4 aromatic rings. The van der Waals surface area contributed by atoms with Gasteiger partial charge in [-0.05, 0) is 31.2 Å². The van der Waals surface area contributed by atoms with Crippen molar-refractivity contribution >= 4 is 11.5 Å². The Hall–Kier alpha value is -3.75. The number of benzene rings is 1. The number of anilines is 2. The first-order chi connectivity index (χ1) is 13.9. The highest BCUT2D eigenvalue weighted by Crippen LogP contribution is 2.32. The van der Waals surface area contributed by atoms with Gasteiger partial charge in [-0.1, -0.05) is 18.2 Å². The van der Waals surface area contributed by atoms with Crippen LogP contribution in [0.5, 0.6) is 0 Å². The summed E-state index contributed by atoms with van der Waals surface area (Å²) < 4.78 is 41.8. The molecule has 0 spiro atoms. The summed E-state index contributed by atoms with van der Waals surface area (Å²) in [6, 6.07) is 13.5. The van der Waals surface area contributed by atoms with Crippen molar-refractivity contribution in [2.75, 3.05) is 5.32 Å². The lowest BCUT2D eigenvalue weighted by Gasteiger charge is -2.12. The number of nitrogens with one attached hydrogen (secondary N) is 1. The third-order valence-electron chi connectivity index (χ3n) is 4.21. The Balaban J connectivity index is 1.73. The maximum Gasteiger partial charge on any atom is 0.433 e. The molecule has 0 saturated heterocycles. The fourth-order valence-corrected chi connectivity index (χ4v) is 2.78. The largest absolute Gasteiger partial charge is 0.433 e. The summed E-state index contributed by atoms with van der Waals surface area (Å²) in [7, 11) is 0. The molecule has 6 nitrogen and oxygen atoms in total. The first kappa shape index (κ1) is 18.6. The molecular weight excluding hydrogens is 381 g/mol. The number of halogens is 3. The van der Waals surface area contributed by atoms with Crippen molar-refractivity contribution < 1.29 is 13.2 Å². The highest BCUT2D eigenvalue weighted by atomic mass is 19.4. The topological polar surface area (TPSA) is 68.5 Å². The smallest absolute Gasteiger partial charge is 0.337 e. The monoisotopic (exact) mass is 396 g/mol. The zero-order valence-corrected chi connectivity index (χ0v) is 15.2. The van der Waals surface area contributed by atoms with Crippen LogP contribution in [-0.4, -0.2) is 24.7 Å². The third-order valence-corrected chi connectivity index (χ3v) is 4.21. The Bertz CT molecular complexity index is 1120. The third kappa shape index (κ3) is 3.93. The molecule has 0 bridgehead atoms. The van der Waals surface area contributed by atoms with Crippen LogP contribution in [0, 0.1) is 6.92 Å². The molecule has 3 heterocycles. The van der Waals surface area contributed by atoms with E-state index < -0.39 is 11.9 Å². The van der Waals surface area contributed by atoms with E-state index in [1.807, 2.05) is 37.3 Å². The number of aromatic nitrogens is 5. The van der Waals surface area contributed by atoms with Crippen molar-refractivity contribution in [3.63, 3.8) is 0 Å². The maximum absolute atomic E-state index is 13.4. The normalized spacial score (nSPS) is 11.4. The van der Waals surface area contributed by atoms with E-state index in [4.69, 9.17) is 0 Å². The van der Waals surface area contributed by atoms with Crippen LogP contribution >= 0.6 is 0 Å². The van der Waals surface area contributed by atoms with E-state index >= 15 is 0 Å². The molecule has 9 heteroatoms. The maximum atomic E-state index is 13.4. The van der Waals surface area contributed by atoms with Crippen molar-refractivity contribution in [3.8, 4) is 17.1 Å². The van der Waals surface area contributed by atoms with E-state index in [-0.39, 0.29) is 11.6 Å². The van der Waals surface area contributed by atoms with Crippen molar-refractivity contribution in [3.05, 3.63) is 78.5 Å². The van der Waals surface area contributed by atoms with Gasteiger partial charge >= 0.3 is 6.18 Å². The minimum absolute atomic E-state index is 0.0156. The first-order valence-corrected chi connectivity index (χ1v) is 8.65. The Morgan fingerprint density at radius 1 is 0.966 bits per heavy atom. The van der Waals surface area contributed by atoms with Crippen molar-refractivity contribution in [2.45, 2.75) is 13.1 Å². The molecule has 0 fully saturated rings. The van der Waals surface area contributed by atoms with Crippen LogP contribution < -0.4 is 5.32 Å². The molecule has 29 heavy (non-hydrogen) atoms. The van der Waals surface area contributed by atoms with Crippen LogP contribution in [0.1, 0.15) is 11.4 Å². The van der Waals surface area contributed by atoms with Gasteiger partial charge in [-0.3, -0.25) is 4.98 Å². The summed E-state index contributed by atoms with van der Waals surface area (Å²) in [6.07, 6.45) is -0.128. The van der Waals surface area contributed by atoms with E-state index in [0.29, 0.717) is 11.3 Å². The molecule has 4 rings (SSSR count). The summed E-state index contributed by atoms with van der Waals surface area (Å²) >= 11 is 0. The summed E-state index contributed by atoms with van der Waals surface area (Å²) in [6.45, 7) is 1.82. The van der Waals surface area contributed by atoms with E-state index in [1.54, 1.807) is 23.0 Å². The zero-order valence-electron chi connectivity index (χ0n) is 15.2. The molecule has 0 unspecified atom stereocenters. The molecule has 0 radical (unpaired) electrons. The van der Waals surface area contributed by atoms with Crippen molar-refractivity contribution in [1.29, 1.82) is 0 Å². The number of rotatable bonds is 4. The van der Waals surface area contributed by atoms with Crippen LogP contribution in [0.2, 0.25) is 0 Å². The molecule has 0 amide bonds. The Morgan fingerprint density at radius 3 is 2.45 bits per heavy atom. The van der Waals surface area contributed by atoms with Crippen molar-refractivity contribution in [2.24, 2.45) is 0 Å². The second-order valence-corrected chi connectivity index (χ2v) is 6.22. The summed E-state index contributed by atoms with van der Waals surface area (Å²) in [5.74, 6) is -0.0505. The van der Waals surface area contributed by atoms with Crippen LogP contribution in [0.4, 0.5) is 24.7 Å². The molecule has 0 aliphatic heterocycles. The van der Waals surface area contributed by atoms with Gasteiger partial charge in [-0.25, -0.2) is 14.6 Å². The Labute approximate surface area is 164 Å². The number of hydrogen-bond acceptors (Lipinski definition) is 5. The van der Waals surface area contributed by atoms with Gasteiger partial charge in [0.1, 0.15) is 5.82 Å². The van der Waals surface area contributed by atoms with Crippen LogP contribution in [0.25, 0.3) is 17.1 Å². The predicted molar refractivity (Wildman–Crippen MR) is 102 cm³/mol. The van der Waals surface area contributed by atoms with Gasteiger partial charge in [0.2, 0.25) is 0 Å². The first-order valence-electron chi connectivity index (χ1n) is 8.65. The lowest BCUT2D eigenvalue weighted by atomic mass is 10.2. The predicted octanol–water partition coefficient (Wildman–Crippen LogP) is 4.80. The van der Waals surface area contributed by atoms with Gasteiger partial charge < -0.3 is 5.32 Å². The lowest BCUT2D eigenvalue weighted by molar-refractivity contribution is -0.141. The van der Waals surface area contributed by atoms with Crippen LogP contribution in [-0.2, 0) is 6.18 Å². The molecule has 146 valence electrons. The SMILES string of the molecule is Cc1c(Nc2cc(C(F)(F)F)nc(-c3cccnc3)n2)cnn1-c1ccccc1. The summed E-state index contributed by atoms with van der Waals surface area (Å²) in [5.41, 5.74) is 1.46. The van der Waals surface area contributed by atoms with E-state index in [9.17, 15) is 13.2 Å². The average Bonchev–Trinajstić information content (AvgIpc) is 3.08. The van der Waals surface area contributed by atoms with E-state index in [1.165, 1.54) is 12.4 Å². The minimum Gasteiger partial charge on any atom is -0.337 e. The summed E-state index contributed by atoms with van der Waals surface area (Å²) in [4.78, 5) is 11.8. The van der Waals surface area contributed by atoms with Crippen molar-refractivity contribution in [1.82, 2.24) is 24.7 Å². The molecule has 0 aliphatic rings. The fraction of sp³-hybridized carbons (Fsp3) is 0.100. The standard InChI is InChI=1S/C20H15F3N6/c1-13-16(12-25-29(13)15-7-3-2-4-8-15)26-18-10-17(20(21,22)23)27-19(28-18)14-6-5-9-24-11-14/h2-12H,1H3,(H,26,27,28). The van der Waals surface area contributed by atoms with Gasteiger partial charge in [0.25, 0.3) is 0 Å². The molecule has 0 atom stereocenters. The highest BCUT2D eigenvalue weighted by Gasteiger charge is 2.34. The number of para-hydroxylation sites is 1. The average molecular weight is 396 g/mol. The minimum atomic E-state index is -4.61. The van der Waals surface area contributed by atoms with E-state index in [0.717, 1.165) is 17.4 Å². The molecule has 0 aliphatic carbocycles. The van der Waals surface area contributed by atoms with E-state index in [2.05, 4.69) is 25.4 Å². The van der Waals surface area contributed by atoms with Gasteiger partial charge in [-0.15, -0.1) is 0 Å². The van der Waals surface area contributed by atoms with Gasteiger partial charge in [-0.2, -0.15) is 18.3 Å². The van der Waals surface area contributed by atoms with Gasteiger partial charge in [0.05, 0.1) is 23.3 Å². The number of hydrogen-bond donors (Lipinski definition) is 1. The highest BCUT2D eigenvalue weighted by molar-refractivity contribution is 5.63. The van der Waals surface area contributed by atoms with Gasteiger partial charge in [0.15, 0.2) is 11.5 Å².